The molecular weight excluding hydrogens is 308 g/mol. The number of aromatic nitrogens is 4. The third kappa shape index (κ3) is 5.68. The van der Waals surface area contributed by atoms with Gasteiger partial charge in [0.25, 0.3) is 0 Å². The first-order valence-electron chi connectivity index (χ1n) is 8.79. The van der Waals surface area contributed by atoms with Crippen LogP contribution in [0.1, 0.15) is 38.8 Å². The topological polar surface area (TPSA) is 54.5 Å². The number of rotatable bonds is 0. The molecule has 0 atom stereocenters. The summed E-state index contributed by atoms with van der Waals surface area (Å²) in [7, 11) is 0. The van der Waals surface area contributed by atoms with Crippen LogP contribution >= 0.6 is 0 Å². The summed E-state index contributed by atoms with van der Waals surface area (Å²) in [4.78, 5) is 8.13. The number of pyridine rings is 2. The molecule has 0 saturated heterocycles. The zero-order chi connectivity index (χ0) is 18.7. The molecule has 0 spiro atoms. The van der Waals surface area contributed by atoms with E-state index in [1.54, 1.807) is 12.4 Å². The van der Waals surface area contributed by atoms with E-state index in [1.807, 2.05) is 59.1 Å². The van der Waals surface area contributed by atoms with E-state index in [-0.39, 0.29) is 0 Å². The zero-order valence-electron chi connectivity index (χ0n) is 16.0. The third-order valence-corrected chi connectivity index (χ3v) is 3.37. The van der Waals surface area contributed by atoms with Crippen molar-refractivity contribution in [3.63, 3.8) is 0 Å². The molecule has 1 N–H and O–H groups in total. The number of nitrogens with one attached hydrogen (secondary N) is 1. The molecule has 0 aliphatic heterocycles. The fourth-order valence-electron chi connectivity index (χ4n) is 2.18. The maximum absolute atomic E-state index is 4.08. The van der Waals surface area contributed by atoms with Gasteiger partial charge >= 0.3 is 0 Å². The lowest BCUT2D eigenvalue weighted by Crippen LogP contribution is -1.77. The summed E-state index contributed by atoms with van der Waals surface area (Å²) in [5.41, 5.74) is 3.36. The lowest BCUT2D eigenvalue weighted by molar-refractivity contribution is 1.10. The summed E-state index contributed by atoms with van der Waals surface area (Å²) >= 11 is 0. The molecule has 0 aliphatic carbocycles. The molecule has 4 heteroatoms. The molecule has 25 heavy (non-hydrogen) atoms. The van der Waals surface area contributed by atoms with Crippen LogP contribution in [0.3, 0.4) is 0 Å². The van der Waals surface area contributed by atoms with Crippen LogP contribution in [-0.2, 0) is 0 Å². The Morgan fingerprint density at radius 3 is 2.28 bits per heavy atom. The Hall–Kier alpha value is -2.75. The van der Waals surface area contributed by atoms with Gasteiger partial charge in [-0.05, 0) is 36.9 Å². The molecule has 4 rings (SSSR count). The first-order valence-corrected chi connectivity index (χ1v) is 8.79. The number of fused-ring (bicyclic) bond motifs is 2. The number of H-pyrrole nitrogens is 1. The van der Waals surface area contributed by atoms with Crippen molar-refractivity contribution >= 4 is 21.8 Å². The summed E-state index contributed by atoms with van der Waals surface area (Å²) in [5, 5.41) is 10.2. The van der Waals surface area contributed by atoms with Crippen LogP contribution in [0, 0.1) is 13.8 Å². The van der Waals surface area contributed by atoms with Crippen LogP contribution in [0.4, 0.5) is 0 Å². The van der Waals surface area contributed by atoms with Gasteiger partial charge in [-0.3, -0.25) is 10.1 Å². The van der Waals surface area contributed by atoms with E-state index < -0.39 is 0 Å². The molecule has 132 valence electrons. The first kappa shape index (κ1) is 20.3. The van der Waals surface area contributed by atoms with E-state index >= 15 is 0 Å². The maximum Gasteiger partial charge on any atom is 0.155 e. The summed E-state index contributed by atoms with van der Waals surface area (Å²) in [5.74, 6) is 0. The fraction of sp³-hybridized carbons (Fsp3) is 0.286. The molecule has 0 bridgehead atoms. The number of nitrogens with zero attached hydrogens (tertiary/aromatic N) is 3. The zero-order valence-corrected chi connectivity index (χ0v) is 16.0. The summed E-state index contributed by atoms with van der Waals surface area (Å²) in [6.45, 7) is 12.1. The average molecular weight is 336 g/mol. The molecule has 0 unspecified atom stereocenters. The molecule has 0 amide bonds. The molecule has 0 fully saturated rings. The highest BCUT2D eigenvalue weighted by Gasteiger charge is 1.96. The van der Waals surface area contributed by atoms with E-state index in [1.165, 1.54) is 21.9 Å². The van der Waals surface area contributed by atoms with Crippen LogP contribution in [0.25, 0.3) is 21.8 Å². The SMILES string of the molecule is CC.CC.Cc1ccc2cnccc2c1.Cc1ccnc2[nH]ncc12. The van der Waals surface area contributed by atoms with Gasteiger partial charge in [0.2, 0.25) is 0 Å². The number of benzene rings is 1. The smallest absolute Gasteiger partial charge is 0.155 e. The summed E-state index contributed by atoms with van der Waals surface area (Å²) in [6.07, 6.45) is 7.27. The van der Waals surface area contributed by atoms with Crippen molar-refractivity contribution in [3.05, 3.63) is 66.2 Å². The molecular formula is C21H28N4. The number of hydrogen-bond donors (Lipinski definition) is 1. The van der Waals surface area contributed by atoms with Crippen molar-refractivity contribution in [1.82, 2.24) is 20.2 Å². The lowest BCUT2D eigenvalue weighted by Gasteiger charge is -1.96. The highest BCUT2D eigenvalue weighted by Crippen LogP contribution is 2.13. The minimum absolute atomic E-state index is 0.861. The Morgan fingerprint density at radius 2 is 1.56 bits per heavy atom. The van der Waals surface area contributed by atoms with E-state index in [0.717, 1.165) is 11.0 Å². The predicted octanol–water partition coefficient (Wildman–Crippen LogP) is 5.86. The molecule has 0 saturated carbocycles. The number of aryl methyl sites for hydroxylation is 2. The highest BCUT2D eigenvalue weighted by molar-refractivity contribution is 5.81. The van der Waals surface area contributed by atoms with Crippen molar-refractivity contribution in [3.8, 4) is 0 Å². The average Bonchev–Trinajstić information content (AvgIpc) is 3.16. The Bertz CT molecular complexity index is 881. The van der Waals surface area contributed by atoms with Gasteiger partial charge in [-0.25, -0.2) is 4.98 Å². The van der Waals surface area contributed by atoms with Gasteiger partial charge in [-0.2, -0.15) is 5.10 Å². The Kier molecular flexibility index (Phi) is 8.86. The van der Waals surface area contributed by atoms with Gasteiger partial charge in [-0.1, -0.05) is 51.5 Å². The van der Waals surface area contributed by atoms with Gasteiger partial charge in [0.05, 0.1) is 6.20 Å². The van der Waals surface area contributed by atoms with Crippen molar-refractivity contribution in [2.24, 2.45) is 0 Å². The van der Waals surface area contributed by atoms with E-state index in [4.69, 9.17) is 0 Å². The predicted molar refractivity (Wildman–Crippen MR) is 108 cm³/mol. The monoisotopic (exact) mass is 336 g/mol. The van der Waals surface area contributed by atoms with E-state index in [0.29, 0.717) is 0 Å². The van der Waals surface area contributed by atoms with Crippen LogP contribution in [-0.4, -0.2) is 20.2 Å². The Balaban J connectivity index is 0.000000210. The van der Waals surface area contributed by atoms with Gasteiger partial charge in [-0.15, -0.1) is 0 Å². The van der Waals surface area contributed by atoms with Crippen LogP contribution in [0.15, 0.2) is 55.1 Å². The Labute approximate surface area is 150 Å². The van der Waals surface area contributed by atoms with Gasteiger partial charge in [0.15, 0.2) is 5.65 Å². The minimum Gasteiger partial charge on any atom is -0.264 e. The number of hydrogen-bond acceptors (Lipinski definition) is 3. The molecule has 3 aromatic heterocycles. The fourth-order valence-corrected chi connectivity index (χ4v) is 2.18. The second-order valence-electron chi connectivity index (χ2n) is 4.99. The molecule has 1 aromatic carbocycles. The van der Waals surface area contributed by atoms with Crippen LogP contribution in [0.2, 0.25) is 0 Å². The van der Waals surface area contributed by atoms with Crippen LogP contribution < -0.4 is 0 Å². The van der Waals surface area contributed by atoms with Crippen molar-refractivity contribution in [1.29, 1.82) is 0 Å². The highest BCUT2D eigenvalue weighted by atomic mass is 15.1. The minimum atomic E-state index is 0.861. The quantitative estimate of drug-likeness (QED) is 0.437. The second kappa shape index (κ2) is 10.9. The largest absolute Gasteiger partial charge is 0.264 e. The van der Waals surface area contributed by atoms with Gasteiger partial charge in [0.1, 0.15) is 0 Å². The maximum atomic E-state index is 4.08. The first-order chi connectivity index (χ1) is 12.2. The van der Waals surface area contributed by atoms with Crippen molar-refractivity contribution in [2.45, 2.75) is 41.5 Å². The molecule has 4 aromatic rings. The second-order valence-corrected chi connectivity index (χ2v) is 4.99. The number of aromatic amines is 1. The van der Waals surface area contributed by atoms with Gasteiger partial charge in [0, 0.05) is 29.4 Å². The normalized spacial score (nSPS) is 9.20. The summed E-state index contributed by atoms with van der Waals surface area (Å²) < 4.78 is 0. The van der Waals surface area contributed by atoms with Crippen molar-refractivity contribution < 1.29 is 0 Å². The van der Waals surface area contributed by atoms with Gasteiger partial charge < -0.3 is 0 Å². The standard InChI is InChI=1S/C10H9N.C7H7N3.2C2H6/c1-8-2-3-10-7-11-5-4-9(10)6-8;1-5-2-3-8-7-6(5)4-9-10-7;2*1-2/h2-7H,1H3;2-4H,1H3,(H,8,9,10);2*1-2H3. The molecule has 3 heterocycles. The van der Waals surface area contributed by atoms with E-state index in [2.05, 4.69) is 45.3 Å². The van der Waals surface area contributed by atoms with E-state index in [9.17, 15) is 0 Å². The molecule has 4 nitrogen and oxygen atoms in total. The lowest BCUT2D eigenvalue weighted by atomic mass is 10.1. The molecule has 0 aliphatic rings. The Morgan fingerprint density at radius 1 is 0.800 bits per heavy atom. The summed E-state index contributed by atoms with van der Waals surface area (Å²) in [6, 6.07) is 10.4. The third-order valence-electron chi connectivity index (χ3n) is 3.37. The van der Waals surface area contributed by atoms with Crippen LogP contribution in [0.5, 0.6) is 0 Å². The van der Waals surface area contributed by atoms with Crippen molar-refractivity contribution in [2.75, 3.05) is 0 Å². The molecule has 0 radical (unpaired) electrons.